The molecule has 0 atom stereocenters. The summed E-state index contributed by atoms with van der Waals surface area (Å²) in [6, 6.07) is 9.13. The number of phenolic OH excluding ortho intramolecular Hbond substituents is 1. The van der Waals surface area contributed by atoms with Crippen LogP contribution in [0.4, 0.5) is 0 Å². The number of carboxylic acid groups (broad SMARTS) is 1. The lowest BCUT2D eigenvalue weighted by molar-refractivity contribution is -0.151. The van der Waals surface area contributed by atoms with Crippen molar-refractivity contribution in [3.63, 3.8) is 0 Å². The second kappa shape index (κ2) is 6.76. The topological polar surface area (TPSA) is 78.6 Å². The SMILES string of the molecule is CC(C)(C)c1ccn(C2(C(=O)O)CCN(Cc3cccc(O)c3)CC2)n1. The van der Waals surface area contributed by atoms with E-state index in [1.807, 2.05) is 18.2 Å². The maximum absolute atomic E-state index is 12.1. The van der Waals surface area contributed by atoms with Crippen molar-refractivity contribution in [1.29, 1.82) is 0 Å². The zero-order valence-corrected chi connectivity index (χ0v) is 15.6. The van der Waals surface area contributed by atoms with E-state index >= 15 is 0 Å². The maximum Gasteiger partial charge on any atom is 0.331 e. The number of rotatable bonds is 4. The number of nitrogens with zero attached hydrogens (tertiary/aromatic N) is 3. The molecule has 0 spiro atoms. The van der Waals surface area contributed by atoms with Crippen LogP contribution in [0.1, 0.15) is 44.9 Å². The molecular formula is C20H27N3O3. The molecule has 6 heteroatoms. The number of piperidine rings is 1. The molecule has 2 heterocycles. The summed E-state index contributed by atoms with van der Waals surface area (Å²) in [4.78, 5) is 14.4. The normalized spacial score (nSPS) is 18.0. The average Bonchev–Trinajstić information content (AvgIpc) is 3.06. The molecule has 140 valence electrons. The molecule has 0 bridgehead atoms. The first-order valence-corrected chi connectivity index (χ1v) is 9.01. The highest BCUT2D eigenvalue weighted by Gasteiger charge is 2.44. The van der Waals surface area contributed by atoms with Crippen LogP contribution in [-0.2, 0) is 22.3 Å². The summed E-state index contributed by atoms with van der Waals surface area (Å²) >= 11 is 0. The van der Waals surface area contributed by atoms with E-state index < -0.39 is 11.5 Å². The average molecular weight is 357 g/mol. The molecule has 1 aromatic carbocycles. The Hall–Kier alpha value is -2.34. The molecule has 26 heavy (non-hydrogen) atoms. The minimum atomic E-state index is -0.987. The Bertz CT molecular complexity index is 784. The first-order chi connectivity index (χ1) is 12.2. The van der Waals surface area contributed by atoms with Crippen molar-refractivity contribution in [2.45, 2.75) is 51.1 Å². The predicted molar refractivity (Wildman–Crippen MR) is 99.2 cm³/mol. The first kappa shape index (κ1) is 18.5. The van der Waals surface area contributed by atoms with Gasteiger partial charge in [-0.25, -0.2) is 4.79 Å². The van der Waals surface area contributed by atoms with Gasteiger partial charge in [-0.05, 0) is 36.6 Å². The molecule has 0 unspecified atom stereocenters. The van der Waals surface area contributed by atoms with E-state index in [0.717, 1.165) is 11.3 Å². The van der Waals surface area contributed by atoms with Crippen LogP contribution in [0.15, 0.2) is 36.5 Å². The molecule has 0 aliphatic carbocycles. The van der Waals surface area contributed by atoms with Crippen LogP contribution in [0.5, 0.6) is 5.75 Å². The Morgan fingerprint density at radius 3 is 2.46 bits per heavy atom. The fourth-order valence-corrected chi connectivity index (χ4v) is 3.50. The quantitative estimate of drug-likeness (QED) is 0.879. The van der Waals surface area contributed by atoms with Crippen LogP contribution in [0.25, 0.3) is 0 Å². The lowest BCUT2D eigenvalue weighted by atomic mass is 9.87. The molecule has 1 saturated heterocycles. The Kier molecular flexibility index (Phi) is 4.80. The van der Waals surface area contributed by atoms with Crippen molar-refractivity contribution >= 4 is 5.97 Å². The van der Waals surface area contributed by atoms with Crippen molar-refractivity contribution in [3.8, 4) is 5.75 Å². The summed E-state index contributed by atoms with van der Waals surface area (Å²) in [5.74, 6) is -0.566. The van der Waals surface area contributed by atoms with Gasteiger partial charge in [-0.3, -0.25) is 9.58 Å². The van der Waals surface area contributed by atoms with Crippen molar-refractivity contribution in [1.82, 2.24) is 14.7 Å². The molecule has 2 N–H and O–H groups in total. The minimum absolute atomic E-state index is 0.110. The number of carbonyl (C=O) groups is 1. The molecule has 1 fully saturated rings. The minimum Gasteiger partial charge on any atom is -0.508 e. The Labute approximate surface area is 154 Å². The summed E-state index contributed by atoms with van der Waals surface area (Å²) in [6.45, 7) is 8.27. The van der Waals surface area contributed by atoms with Gasteiger partial charge in [0, 0.05) is 31.2 Å². The molecule has 1 aliphatic rings. The van der Waals surface area contributed by atoms with E-state index in [0.29, 0.717) is 32.5 Å². The van der Waals surface area contributed by atoms with E-state index in [-0.39, 0.29) is 11.2 Å². The van der Waals surface area contributed by atoms with E-state index in [2.05, 4.69) is 30.8 Å². The third-order valence-electron chi connectivity index (χ3n) is 5.19. The van der Waals surface area contributed by atoms with Gasteiger partial charge in [-0.15, -0.1) is 0 Å². The monoisotopic (exact) mass is 357 g/mol. The fourth-order valence-electron chi connectivity index (χ4n) is 3.50. The summed E-state index contributed by atoms with van der Waals surface area (Å²) < 4.78 is 1.65. The van der Waals surface area contributed by atoms with Gasteiger partial charge >= 0.3 is 5.97 Å². The van der Waals surface area contributed by atoms with E-state index in [1.165, 1.54) is 0 Å². The highest BCUT2D eigenvalue weighted by molar-refractivity contribution is 5.76. The maximum atomic E-state index is 12.1. The first-order valence-electron chi connectivity index (χ1n) is 9.01. The second-order valence-corrected chi connectivity index (χ2v) is 8.18. The summed E-state index contributed by atoms with van der Waals surface area (Å²) in [6.07, 6.45) is 2.82. The van der Waals surface area contributed by atoms with Gasteiger partial charge in [0.05, 0.1) is 5.69 Å². The molecule has 3 rings (SSSR count). The highest BCUT2D eigenvalue weighted by Crippen LogP contribution is 2.32. The van der Waals surface area contributed by atoms with Gasteiger partial charge in [0.25, 0.3) is 0 Å². The third kappa shape index (κ3) is 3.60. The van der Waals surface area contributed by atoms with Gasteiger partial charge < -0.3 is 10.2 Å². The zero-order valence-electron chi connectivity index (χ0n) is 15.6. The highest BCUT2D eigenvalue weighted by atomic mass is 16.4. The van der Waals surface area contributed by atoms with E-state index in [9.17, 15) is 15.0 Å². The molecular weight excluding hydrogens is 330 g/mol. The lowest BCUT2D eigenvalue weighted by Gasteiger charge is -2.39. The molecule has 1 aliphatic heterocycles. The molecule has 0 radical (unpaired) electrons. The van der Waals surface area contributed by atoms with Crippen molar-refractivity contribution < 1.29 is 15.0 Å². The van der Waals surface area contributed by atoms with E-state index in [4.69, 9.17) is 0 Å². The van der Waals surface area contributed by atoms with Gasteiger partial charge in [0.1, 0.15) is 5.75 Å². The number of phenols is 1. The number of aliphatic carboxylic acids is 1. The number of aromatic nitrogens is 2. The number of hydrogen-bond acceptors (Lipinski definition) is 4. The van der Waals surface area contributed by atoms with Crippen LogP contribution in [0, 0.1) is 0 Å². The van der Waals surface area contributed by atoms with Gasteiger partial charge in [-0.2, -0.15) is 5.10 Å². The fraction of sp³-hybridized carbons (Fsp3) is 0.500. The van der Waals surface area contributed by atoms with Crippen molar-refractivity contribution in [2.24, 2.45) is 0 Å². The Balaban J connectivity index is 1.75. The van der Waals surface area contributed by atoms with Crippen LogP contribution >= 0.6 is 0 Å². The summed E-state index contributed by atoms with van der Waals surface area (Å²) in [7, 11) is 0. The Morgan fingerprint density at radius 2 is 1.92 bits per heavy atom. The van der Waals surface area contributed by atoms with Crippen LogP contribution in [0.2, 0.25) is 0 Å². The molecule has 2 aromatic rings. The standard InChI is InChI=1S/C20H27N3O3/c1-19(2,3)17-7-10-23(21-17)20(18(25)26)8-11-22(12-9-20)14-15-5-4-6-16(24)13-15/h4-7,10,13,24H,8-9,11-12,14H2,1-3H3,(H,25,26). The molecule has 0 amide bonds. The van der Waals surface area contributed by atoms with Crippen LogP contribution in [-0.4, -0.2) is 44.0 Å². The van der Waals surface area contributed by atoms with Gasteiger partial charge in [0.15, 0.2) is 5.54 Å². The van der Waals surface area contributed by atoms with E-state index in [1.54, 1.807) is 23.0 Å². The smallest absolute Gasteiger partial charge is 0.331 e. The van der Waals surface area contributed by atoms with Gasteiger partial charge in [0.2, 0.25) is 0 Å². The second-order valence-electron chi connectivity index (χ2n) is 8.18. The number of carboxylic acids is 1. The number of hydrogen-bond donors (Lipinski definition) is 2. The number of aromatic hydroxyl groups is 1. The zero-order chi connectivity index (χ0) is 18.9. The van der Waals surface area contributed by atoms with Crippen molar-refractivity contribution in [2.75, 3.05) is 13.1 Å². The predicted octanol–water partition coefficient (Wildman–Crippen LogP) is 2.96. The number of likely N-dealkylation sites (tertiary alicyclic amines) is 1. The largest absolute Gasteiger partial charge is 0.508 e. The summed E-state index contributed by atoms with van der Waals surface area (Å²) in [5.41, 5.74) is 0.835. The molecule has 1 aromatic heterocycles. The van der Waals surface area contributed by atoms with Gasteiger partial charge in [-0.1, -0.05) is 32.9 Å². The number of benzene rings is 1. The third-order valence-corrected chi connectivity index (χ3v) is 5.19. The van der Waals surface area contributed by atoms with Crippen molar-refractivity contribution in [3.05, 3.63) is 47.8 Å². The van der Waals surface area contributed by atoms with Crippen LogP contribution < -0.4 is 0 Å². The lowest BCUT2D eigenvalue weighted by Crippen LogP contribution is -2.51. The summed E-state index contributed by atoms with van der Waals surface area (Å²) in [5, 5.41) is 24.2. The van der Waals surface area contributed by atoms with Crippen LogP contribution in [0.3, 0.4) is 0 Å². The Morgan fingerprint density at radius 1 is 1.23 bits per heavy atom. The molecule has 0 saturated carbocycles. The molecule has 6 nitrogen and oxygen atoms in total.